The van der Waals surface area contributed by atoms with E-state index in [0.29, 0.717) is 10.7 Å². The Morgan fingerprint density at radius 3 is 2.88 bits per heavy atom. The molecule has 16 heavy (non-hydrogen) atoms. The molecule has 1 fully saturated rings. The van der Waals surface area contributed by atoms with Gasteiger partial charge in [-0.2, -0.15) is 5.10 Å². The van der Waals surface area contributed by atoms with Crippen molar-refractivity contribution >= 4 is 15.9 Å². The molecule has 0 N–H and O–H groups in total. The fraction of sp³-hybridized carbons (Fsp3) is 0.750. The lowest BCUT2D eigenvalue weighted by atomic mass is 9.93. The Morgan fingerprint density at radius 2 is 2.25 bits per heavy atom. The lowest BCUT2D eigenvalue weighted by molar-refractivity contribution is 0.0842. The van der Waals surface area contributed by atoms with Crippen molar-refractivity contribution < 1.29 is 4.74 Å². The molecule has 0 spiro atoms. The van der Waals surface area contributed by atoms with Crippen LogP contribution in [0.2, 0.25) is 0 Å². The maximum absolute atomic E-state index is 5.41. The number of halogens is 1. The van der Waals surface area contributed by atoms with E-state index in [-0.39, 0.29) is 0 Å². The number of hydrogen-bond acceptors (Lipinski definition) is 2. The SMILES string of the molecule is CC(Br)Cc1cn(C)nc1C1CCOCC1. The highest BCUT2D eigenvalue weighted by atomic mass is 79.9. The van der Waals surface area contributed by atoms with E-state index in [9.17, 15) is 0 Å². The molecule has 1 aromatic heterocycles. The zero-order valence-corrected chi connectivity index (χ0v) is 11.5. The quantitative estimate of drug-likeness (QED) is 0.799. The maximum atomic E-state index is 5.41. The summed E-state index contributed by atoms with van der Waals surface area (Å²) >= 11 is 3.62. The Labute approximate surface area is 105 Å². The number of nitrogens with zero attached hydrogens (tertiary/aromatic N) is 2. The predicted octanol–water partition coefficient (Wildman–Crippen LogP) is 2.64. The van der Waals surface area contributed by atoms with E-state index in [1.165, 1.54) is 11.3 Å². The van der Waals surface area contributed by atoms with Gasteiger partial charge in [0, 0.05) is 37.2 Å². The van der Waals surface area contributed by atoms with Crippen LogP contribution in [0.15, 0.2) is 6.20 Å². The number of aryl methyl sites for hydroxylation is 1. The van der Waals surface area contributed by atoms with Gasteiger partial charge in [0.25, 0.3) is 0 Å². The van der Waals surface area contributed by atoms with Crippen LogP contribution < -0.4 is 0 Å². The van der Waals surface area contributed by atoms with Crippen molar-refractivity contribution in [3.05, 3.63) is 17.5 Å². The number of rotatable bonds is 3. The zero-order valence-electron chi connectivity index (χ0n) is 9.95. The van der Waals surface area contributed by atoms with Crippen molar-refractivity contribution in [2.24, 2.45) is 7.05 Å². The van der Waals surface area contributed by atoms with Crippen LogP contribution in [0.5, 0.6) is 0 Å². The van der Waals surface area contributed by atoms with Crippen LogP contribution >= 0.6 is 15.9 Å². The summed E-state index contributed by atoms with van der Waals surface area (Å²) < 4.78 is 7.35. The highest BCUT2D eigenvalue weighted by Gasteiger charge is 2.22. The minimum Gasteiger partial charge on any atom is -0.381 e. The molecule has 4 heteroatoms. The van der Waals surface area contributed by atoms with E-state index in [2.05, 4.69) is 34.1 Å². The van der Waals surface area contributed by atoms with Gasteiger partial charge in [0.1, 0.15) is 0 Å². The molecule has 1 atom stereocenters. The van der Waals surface area contributed by atoms with Gasteiger partial charge in [-0.1, -0.05) is 22.9 Å². The van der Waals surface area contributed by atoms with Gasteiger partial charge in [-0.15, -0.1) is 0 Å². The first-order valence-electron chi connectivity index (χ1n) is 5.91. The number of hydrogen-bond donors (Lipinski definition) is 0. The van der Waals surface area contributed by atoms with Crippen LogP contribution in [0, 0.1) is 0 Å². The second-order valence-electron chi connectivity index (χ2n) is 4.58. The highest BCUT2D eigenvalue weighted by molar-refractivity contribution is 9.09. The number of aromatic nitrogens is 2. The third-order valence-corrected chi connectivity index (χ3v) is 3.37. The normalized spacial score (nSPS) is 19.9. The molecule has 2 rings (SSSR count). The topological polar surface area (TPSA) is 27.1 Å². The molecule has 0 aliphatic carbocycles. The Hall–Kier alpha value is -0.350. The summed E-state index contributed by atoms with van der Waals surface area (Å²) in [5.41, 5.74) is 2.68. The smallest absolute Gasteiger partial charge is 0.0689 e. The van der Waals surface area contributed by atoms with Crippen LogP contribution in [0.4, 0.5) is 0 Å². The molecular weight excluding hydrogens is 268 g/mol. The first-order valence-corrected chi connectivity index (χ1v) is 6.82. The Morgan fingerprint density at radius 1 is 1.56 bits per heavy atom. The van der Waals surface area contributed by atoms with Crippen LogP contribution in [-0.4, -0.2) is 27.8 Å². The molecule has 0 amide bonds. The summed E-state index contributed by atoms with van der Waals surface area (Å²) in [4.78, 5) is 0.510. The summed E-state index contributed by atoms with van der Waals surface area (Å²) in [6.07, 6.45) is 5.43. The molecule has 0 aromatic carbocycles. The minimum absolute atomic E-state index is 0.510. The van der Waals surface area contributed by atoms with Crippen molar-refractivity contribution in [1.29, 1.82) is 0 Å². The van der Waals surface area contributed by atoms with Crippen LogP contribution in [-0.2, 0) is 18.2 Å². The van der Waals surface area contributed by atoms with Gasteiger partial charge >= 0.3 is 0 Å². The molecule has 1 aliphatic heterocycles. The number of alkyl halides is 1. The summed E-state index contributed by atoms with van der Waals surface area (Å²) in [6, 6.07) is 0. The largest absolute Gasteiger partial charge is 0.381 e. The third-order valence-electron chi connectivity index (χ3n) is 3.05. The first kappa shape index (κ1) is 12.1. The second kappa shape index (κ2) is 5.32. The second-order valence-corrected chi connectivity index (χ2v) is 6.15. The molecule has 1 aromatic rings. The fourth-order valence-corrected chi connectivity index (χ4v) is 2.68. The third kappa shape index (κ3) is 2.86. The van der Waals surface area contributed by atoms with Gasteiger partial charge in [0.05, 0.1) is 5.69 Å². The molecule has 0 bridgehead atoms. The van der Waals surface area contributed by atoms with Crippen molar-refractivity contribution in [2.75, 3.05) is 13.2 Å². The predicted molar refractivity (Wildman–Crippen MR) is 68.1 cm³/mol. The van der Waals surface area contributed by atoms with Gasteiger partial charge in [0.15, 0.2) is 0 Å². The fourth-order valence-electron chi connectivity index (χ4n) is 2.33. The maximum Gasteiger partial charge on any atom is 0.0689 e. The molecule has 1 saturated heterocycles. The number of ether oxygens (including phenoxy) is 1. The van der Waals surface area contributed by atoms with Gasteiger partial charge in [0.2, 0.25) is 0 Å². The van der Waals surface area contributed by atoms with Crippen LogP contribution in [0.3, 0.4) is 0 Å². The average molecular weight is 287 g/mol. The molecule has 0 saturated carbocycles. The van der Waals surface area contributed by atoms with Crippen LogP contribution in [0.1, 0.15) is 36.9 Å². The van der Waals surface area contributed by atoms with Gasteiger partial charge in [-0.05, 0) is 24.8 Å². The van der Waals surface area contributed by atoms with Crippen molar-refractivity contribution in [3.63, 3.8) is 0 Å². The van der Waals surface area contributed by atoms with E-state index in [0.717, 1.165) is 32.5 Å². The molecule has 2 heterocycles. The summed E-state index contributed by atoms with van der Waals surface area (Å²) in [5, 5.41) is 4.63. The Kier molecular flexibility index (Phi) is 4.03. The van der Waals surface area contributed by atoms with E-state index >= 15 is 0 Å². The summed E-state index contributed by atoms with van der Waals surface area (Å²) in [6.45, 7) is 3.94. The highest BCUT2D eigenvalue weighted by Crippen LogP contribution is 2.29. The van der Waals surface area contributed by atoms with Crippen LogP contribution in [0.25, 0.3) is 0 Å². The van der Waals surface area contributed by atoms with E-state index in [1.807, 2.05) is 11.7 Å². The monoisotopic (exact) mass is 286 g/mol. The van der Waals surface area contributed by atoms with Gasteiger partial charge in [-0.25, -0.2) is 0 Å². The van der Waals surface area contributed by atoms with Gasteiger partial charge in [-0.3, -0.25) is 4.68 Å². The van der Waals surface area contributed by atoms with E-state index in [1.54, 1.807) is 0 Å². The van der Waals surface area contributed by atoms with E-state index in [4.69, 9.17) is 4.74 Å². The summed E-state index contributed by atoms with van der Waals surface area (Å²) in [7, 11) is 2.01. The zero-order chi connectivity index (χ0) is 11.5. The van der Waals surface area contributed by atoms with Crippen molar-refractivity contribution in [3.8, 4) is 0 Å². The Balaban J connectivity index is 2.17. The molecule has 1 aliphatic rings. The van der Waals surface area contributed by atoms with Crippen molar-refractivity contribution in [1.82, 2.24) is 9.78 Å². The molecule has 90 valence electrons. The summed E-state index contributed by atoms with van der Waals surface area (Å²) in [5.74, 6) is 0.594. The van der Waals surface area contributed by atoms with Gasteiger partial charge < -0.3 is 4.74 Å². The van der Waals surface area contributed by atoms with Crippen molar-refractivity contribution in [2.45, 2.75) is 36.9 Å². The average Bonchev–Trinajstić information content (AvgIpc) is 2.60. The lowest BCUT2D eigenvalue weighted by Gasteiger charge is -2.21. The first-order chi connectivity index (χ1) is 7.66. The lowest BCUT2D eigenvalue weighted by Crippen LogP contribution is -2.16. The molecule has 0 radical (unpaired) electrons. The molecule has 1 unspecified atom stereocenters. The van der Waals surface area contributed by atoms with E-state index < -0.39 is 0 Å². The Bertz CT molecular complexity index is 343. The standard InChI is InChI=1S/C12H19BrN2O/c1-9(13)7-11-8-15(2)14-12(11)10-3-5-16-6-4-10/h8-10H,3-7H2,1-2H3. The molecular formula is C12H19BrN2O. The minimum atomic E-state index is 0.510. The molecule has 3 nitrogen and oxygen atoms in total.